The van der Waals surface area contributed by atoms with Gasteiger partial charge in [0.05, 0.1) is 29.6 Å². The summed E-state index contributed by atoms with van der Waals surface area (Å²) in [7, 11) is 1.57. The Morgan fingerprint density at radius 1 is 1.12 bits per heavy atom. The Balaban J connectivity index is 2.30. The molecule has 6 heteroatoms. The molecular formula is C19H22INO4. The number of para-hydroxylation sites is 2. The molecule has 0 aliphatic heterocycles. The number of benzene rings is 2. The highest BCUT2D eigenvalue weighted by Crippen LogP contribution is 2.35. The number of carbonyl (C=O) groups is 1. The van der Waals surface area contributed by atoms with E-state index in [0.717, 1.165) is 9.99 Å². The molecule has 0 aromatic heterocycles. The molecule has 0 saturated carbocycles. The Hall–Kier alpha value is -1.96. The average Bonchev–Trinajstić information content (AvgIpc) is 2.61. The van der Waals surface area contributed by atoms with Gasteiger partial charge in [-0.25, -0.2) is 0 Å². The summed E-state index contributed by atoms with van der Waals surface area (Å²) in [6, 6.07) is 10.8. The Labute approximate surface area is 161 Å². The highest BCUT2D eigenvalue weighted by molar-refractivity contribution is 14.1. The van der Waals surface area contributed by atoms with Crippen molar-refractivity contribution in [3.63, 3.8) is 0 Å². The number of rotatable bonds is 8. The number of carbonyl (C=O) groups excluding carboxylic acids is 1. The van der Waals surface area contributed by atoms with E-state index in [9.17, 15) is 4.79 Å². The van der Waals surface area contributed by atoms with Gasteiger partial charge in [0.15, 0.2) is 11.5 Å². The highest BCUT2D eigenvalue weighted by atomic mass is 127. The van der Waals surface area contributed by atoms with Crippen molar-refractivity contribution in [2.24, 2.45) is 0 Å². The molecule has 0 saturated heterocycles. The van der Waals surface area contributed by atoms with Crippen molar-refractivity contribution in [1.29, 1.82) is 0 Å². The van der Waals surface area contributed by atoms with Crippen molar-refractivity contribution < 1.29 is 19.0 Å². The van der Waals surface area contributed by atoms with Crippen molar-refractivity contribution in [2.75, 3.05) is 25.6 Å². The van der Waals surface area contributed by atoms with Gasteiger partial charge in [0, 0.05) is 5.56 Å². The van der Waals surface area contributed by atoms with Crippen LogP contribution in [0, 0.1) is 3.57 Å². The van der Waals surface area contributed by atoms with Crippen molar-refractivity contribution in [3.8, 4) is 17.2 Å². The summed E-state index contributed by atoms with van der Waals surface area (Å²) in [6.07, 6.45) is 0.900. The van der Waals surface area contributed by atoms with Gasteiger partial charge in [0.1, 0.15) is 5.75 Å². The van der Waals surface area contributed by atoms with Gasteiger partial charge >= 0.3 is 0 Å². The lowest BCUT2D eigenvalue weighted by Gasteiger charge is -2.15. The second kappa shape index (κ2) is 9.50. The van der Waals surface area contributed by atoms with E-state index in [1.54, 1.807) is 31.4 Å². The van der Waals surface area contributed by atoms with Crippen LogP contribution >= 0.6 is 22.6 Å². The third kappa shape index (κ3) is 5.01. The quantitative estimate of drug-likeness (QED) is 0.585. The fourth-order valence-electron chi connectivity index (χ4n) is 2.25. The van der Waals surface area contributed by atoms with Gasteiger partial charge < -0.3 is 19.5 Å². The molecule has 2 rings (SSSR count). The summed E-state index contributed by atoms with van der Waals surface area (Å²) >= 11 is 2.16. The first-order valence-electron chi connectivity index (χ1n) is 8.14. The molecule has 0 atom stereocenters. The van der Waals surface area contributed by atoms with E-state index in [-0.39, 0.29) is 5.91 Å². The predicted octanol–water partition coefficient (Wildman–Crippen LogP) is 4.74. The number of ether oxygens (including phenoxy) is 3. The molecule has 1 amide bonds. The largest absolute Gasteiger partial charge is 0.495 e. The molecule has 0 radical (unpaired) electrons. The van der Waals surface area contributed by atoms with Crippen LogP contribution in [0.4, 0.5) is 5.69 Å². The van der Waals surface area contributed by atoms with Crippen molar-refractivity contribution in [3.05, 3.63) is 45.5 Å². The summed E-state index contributed by atoms with van der Waals surface area (Å²) in [5.41, 5.74) is 1.12. The lowest BCUT2D eigenvalue weighted by molar-refractivity contribution is 0.102. The minimum absolute atomic E-state index is 0.231. The summed E-state index contributed by atoms with van der Waals surface area (Å²) < 4.78 is 17.5. The number of anilines is 1. The third-order valence-corrected chi connectivity index (χ3v) is 4.18. The van der Waals surface area contributed by atoms with E-state index in [1.807, 2.05) is 26.0 Å². The van der Waals surface area contributed by atoms with Crippen molar-refractivity contribution in [2.45, 2.75) is 20.3 Å². The smallest absolute Gasteiger partial charge is 0.255 e. The minimum Gasteiger partial charge on any atom is -0.495 e. The molecule has 0 fully saturated rings. The van der Waals surface area contributed by atoms with Gasteiger partial charge in [0.25, 0.3) is 5.91 Å². The molecule has 0 unspecified atom stereocenters. The van der Waals surface area contributed by atoms with Crippen LogP contribution in [-0.4, -0.2) is 26.2 Å². The van der Waals surface area contributed by atoms with Crippen molar-refractivity contribution in [1.82, 2.24) is 0 Å². The number of hydrogen-bond donors (Lipinski definition) is 1. The fraction of sp³-hybridized carbons (Fsp3) is 0.316. The van der Waals surface area contributed by atoms with Crippen LogP contribution in [0.15, 0.2) is 36.4 Å². The molecule has 2 aromatic carbocycles. The average molecular weight is 455 g/mol. The van der Waals surface area contributed by atoms with Crippen LogP contribution in [0.1, 0.15) is 30.6 Å². The first kappa shape index (κ1) is 19.4. The maximum absolute atomic E-state index is 12.6. The topological polar surface area (TPSA) is 56.8 Å². The van der Waals surface area contributed by atoms with Crippen LogP contribution in [0.2, 0.25) is 0 Å². The number of halogens is 1. The molecule has 5 nitrogen and oxygen atoms in total. The Morgan fingerprint density at radius 3 is 2.56 bits per heavy atom. The van der Waals surface area contributed by atoms with Crippen LogP contribution in [0.5, 0.6) is 17.2 Å². The van der Waals surface area contributed by atoms with Gasteiger partial charge in [-0.15, -0.1) is 0 Å². The van der Waals surface area contributed by atoms with Crippen LogP contribution in [0.3, 0.4) is 0 Å². The molecular weight excluding hydrogens is 433 g/mol. The number of amides is 1. The Morgan fingerprint density at radius 2 is 1.88 bits per heavy atom. The van der Waals surface area contributed by atoms with E-state index >= 15 is 0 Å². The fourth-order valence-corrected chi connectivity index (χ4v) is 3.01. The molecule has 25 heavy (non-hydrogen) atoms. The molecule has 0 heterocycles. The monoisotopic (exact) mass is 455 g/mol. The van der Waals surface area contributed by atoms with E-state index in [2.05, 4.69) is 27.9 Å². The van der Waals surface area contributed by atoms with Gasteiger partial charge in [-0.3, -0.25) is 4.79 Å². The first-order chi connectivity index (χ1) is 12.1. The zero-order valence-electron chi connectivity index (χ0n) is 14.6. The SMILES string of the molecule is CCCOc1c(I)cc(C(=O)Nc2ccccc2OC)cc1OCC. The zero-order valence-corrected chi connectivity index (χ0v) is 16.8. The standard InChI is InChI=1S/C19H22INO4/c1-4-10-25-18-14(20)11-13(12-17(18)24-5-2)19(22)21-15-8-6-7-9-16(15)23-3/h6-9,11-12H,4-5,10H2,1-3H3,(H,21,22). The number of nitrogens with one attached hydrogen (secondary N) is 1. The molecule has 0 aliphatic carbocycles. The summed E-state index contributed by atoms with van der Waals surface area (Å²) in [6.45, 7) is 5.04. The first-order valence-corrected chi connectivity index (χ1v) is 9.22. The molecule has 0 spiro atoms. The second-order valence-electron chi connectivity index (χ2n) is 5.22. The van der Waals surface area contributed by atoms with E-state index < -0.39 is 0 Å². The van der Waals surface area contributed by atoms with Crippen LogP contribution < -0.4 is 19.5 Å². The molecule has 1 N–H and O–H groups in total. The number of hydrogen-bond acceptors (Lipinski definition) is 4. The lowest BCUT2D eigenvalue weighted by Crippen LogP contribution is -2.14. The van der Waals surface area contributed by atoms with E-state index in [0.29, 0.717) is 41.7 Å². The lowest BCUT2D eigenvalue weighted by atomic mass is 10.1. The number of methoxy groups -OCH3 is 1. The Bertz CT molecular complexity index is 733. The van der Waals surface area contributed by atoms with Gasteiger partial charge in [-0.1, -0.05) is 19.1 Å². The summed E-state index contributed by atoms with van der Waals surface area (Å²) in [5.74, 6) is 1.63. The zero-order chi connectivity index (χ0) is 18.2. The molecule has 0 aliphatic rings. The maximum Gasteiger partial charge on any atom is 0.255 e. The molecule has 0 bridgehead atoms. The second-order valence-corrected chi connectivity index (χ2v) is 6.38. The van der Waals surface area contributed by atoms with Gasteiger partial charge in [0.2, 0.25) is 0 Å². The molecule has 2 aromatic rings. The Kier molecular flexibility index (Phi) is 7.36. The summed E-state index contributed by atoms with van der Waals surface area (Å²) in [5, 5.41) is 2.87. The van der Waals surface area contributed by atoms with Gasteiger partial charge in [-0.05, 0) is 60.2 Å². The summed E-state index contributed by atoms with van der Waals surface area (Å²) in [4.78, 5) is 12.6. The third-order valence-electron chi connectivity index (χ3n) is 3.38. The minimum atomic E-state index is -0.231. The van der Waals surface area contributed by atoms with E-state index in [1.165, 1.54) is 0 Å². The van der Waals surface area contributed by atoms with E-state index in [4.69, 9.17) is 14.2 Å². The predicted molar refractivity (Wildman–Crippen MR) is 107 cm³/mol. The highest BCUT2D eigenvalue weighted by Gasteiger charge is 2.17. The van der Waals surface area contributed by atoms with Crippen LogP contribution in [0.25, 0.3) is 0 Å². The normalized spacial score (nSPS) is 10.2. The van der Waals surface area contributed by atoms with Gasteiger partial charge in [-0.2, -0.15) is 0 Å². The van der Waals surface area contributed by atoms with Crippen LogP contribution in [-0.2, 0) is 0 Å². The van der Waals surface area contributed by atoms with Crippen molar-refractivity contribution >= 4 is 34.2 Å². The maximum atomic E-state index is 12.6. The molecule has 134 valence electrons.